The molecule has 16 heavy (non-hydrogen) atoms. The maximum absolute atomic E-state index is 10.5. The van der Waals surface area contributed by atoms with Crippen molar-refractivity contribution in [2.24, 2.45) is 0 Å². The van der Waals surface area contributed by atoms with Gasteiger partial charge in [-0.15, -0.1) is 0 Å². The van der Waals surface area contributed by atoms with E-state index in [1.165, 1.54) is 0 Å². The number of rotatable bonds is 3. The Labute approximate surface area is 95.2 Å². The van der Waals surface area contributed by atoms with Gasteiger partial charge in [0, 0.05) is 32.0 Å². The third-order valence-corrected chi connectivity index (χ3v) is 2.94. The predicted octanol–water partition coefficient (Wildman–Crippen LogP) is 1.51. The molecule has 0 aromatic carbocycles. The number of carbonyl (C=O) groups is 1. The lowest BCUT2D eigenvalue weighted by Gasteiger charge is -2.32. The quantitative estimate of drug-likeness (QED) is 0.724. The molecular weight excluding hydrogens is 204 g/mol. The fourth-order valence-corrected chi connectivity index (χ4v) is 1.99. The molecule has 1 aromatic rings. The molecule has 1 unspecified atom stereocenters. The van der Waals surface area contributed by atoms with Gasteiger partial charge in [-0.25, -0.2) is 4.98 Å². The van der Waals surface area contributed by atoms with Gasteiger partial charge in [0.1, 0.15) is 5.82 Å². The van der Waals surface area contributed by atoms with Crippen LogP contribution in [0, 0.1) is 0 Å². The zero-order valence-corrected chi connectivity index (χ0v) is 9.43. The number of carbonyl (C=O) groups excluding carboxylic acids is 1. The van der Waals surface area contributed by atoms with Crippen LogP contribution in [0.2, 0.25) is 0 Å². The first kappa shape index (κ1) is 11.1. The van der Waals surface area contributed by atoms with E-state index in [1.54, 1.807) is 19.4 Å². The second kappa shape index (κ2) is 5.07. The van der Waals surface area contributed by atoms with Crippen LogP contribution in [0.3, 0.4) is 0 Å². The molecule has 1 aliphatic heterocycles. The Balaban J connectivity index is 2.07. The van der Waals surface area contributed by atoms with Crippen molar-refractivity contribution in [2.75, 3.05) is 25.1 Å². The third kappa shape index (κ3) is 2.39. The van der Waals surface area contributed by atoms with E-state index in [9.17, 15) is 4.79 Å². The average Bonchev–Trinajstić information content (AvgIpc) is 2.39. The summed E-state index contributed by atoms with van der Waals surface area (Å²) >= 11 is 0. The lowest BCUT2D eigenvalue weighted by Crippen LogP contribution is -2.39. The van der Waals surface area contributed by atoms with Crippen LogP contribution < -0.4 is 4.90 Å². The lowest BCUT2D eigenvalue weighted by atomic mass is 10.1. The molecule has 0 aliphatic carbocycles. The van der Waals surface area contributed by atoms with Crippen LogP contribution in [0.1, 0.15) is 23.2 Å². The molecule has 1 aromatic heterocycles. The number of hydrogen-bond acceptors (Lipinski definition) is 4. The number of pyridine rings is 1. The molecule has 86 valence electrons. The summed E-state index contributed by atoms with van der Waals surface area (Å²) in [7, 11) is 1.75. The van der Waals surface area contributed by atoms with Crippen molar-refractivity contribution in [1.29, 1.82) is 0 Å². The highest BCUT2D eigenvalue weighted by Gasteiger charge is 2.20. The highest BCUT2D eigenvalue weighted by Crippen LogP contribution is 2.18. The molecular formula is C12H16N2O2. The van der Waals surface area contributed by atoms with Gasteiger partial charge in [-0.05, 0) is 25.0 Å². The van der Waals surface area contributed by atoms with E-state index >= 15 is 0 Å². The van der Waals surface area contributed by atoms with E-state index in [4.69, 9.17) is 4.74 Å². The van der Waals surface area contributed by atoms with Crippen molar-refractivity contribution in [3.63, 3.8) is 0 Å². The smallest absolute Gasteiger partial charge is 0.151 e. The normalized spacial score (nSPS) is 20.8. The molecule has 0 saturated carbocycles. The highest BCUT2D eigenvalue weighted by atomic mass is 16.5. The zero-order valence-electron chi connectivity index (χ0n) is 9.43. The fraction of sp³-hybridized carbons (Fsp3) is 0.500. The Hall–Kier alpha value is -1.42. The molecule has 1 fully saturated rings. The minimum absolute atomic E-state index is 0.293. The van der Waals surface area contributed by atoms with Crippen LogP contribution in [0.4, 0.5) is 5.82 Å². The van der Waals surface area contributed by atoms with Gasteiger partial charge in [0.2, 0.25) is 0 Å². The van der Waals surface area contributed by atoms with Crippen molar-refractivity contribution >= 4 is 12.1 Å². The Morgan fingerprint density at radius 2 is 2.44 bits per heavy atom. The summed E-state index contributed by atoms with van der Waals surface area (Å²) in [5.41, 5.74) is 0.615. The minimum Gasteiger partial charge on any atom is -0.380 e. The zero-order chi connectivity index (χ0) is 11.4. The number of aldehydes is 1. The molecule has 1 atom stereocenters. The summed E-state index contributed by atoms with van der Waals surface area (Å²) in [5, 5.41) is 0. The molecule has 0 amide bonds. The van der Waals surface area contributed by atoms with Gasteiger partial charge in [0.25, 0.3) is 0 Å². The second-order valence-electron chi connectivity index (χ2n) is 4.01. The van der Waals surface area contributed by atoms with Gasteiger partial charge < -0.3 is 9.64 Å². The van der Waals surface area contributed by atoms with Gasteiger partial charge in [-0.3, -0.25) is 4.79 Å². The molecule has 0 radical (unpaired) electrons. The Kier molecular flexibility index (Phi) is 3.51. The molecule has 0 N–H and O–H groups in total. The average molecular weight is 220 g/mol. The predicted molar refractivity (Wildman–Crippen MR) is 61.9 cm³/mol. The van der Waals surface area contributed by atoms with Crippen molar-refractivity contribution < 1.29 is 9.53 Å². The summed E-state index contributed by atoms with van der Waals surface area (Å²) < 4.78 is 5.36. The monoisotopic (exact) mass is 220 g/mol. The first-order chi connectivity index (χ1) is 7.83. The van der Waals surface area contributed by atoms with Gasteiger partial charge in [-0.1, -0.05) is 0 Å². The van der Waals surface area contributed by atoms with E-state index in [1.807, 2.05) is 6.07 Å². The SMILES string of the molecule is COC1CCCN(c2ccc(C=O)cn2)C1. The van der Waals surface area contributed by atoms with Gasteiger partial charge >= 0.3 is 0 Å². The van der Waals surface area contributed by atoms with E-state index in [0.29, 0.717) is 11.7 Å². The molecule has 0 bridgehead atoms. The summed E-state index contributed by atoms with van der Waals surface area (Å²) in [4.78, 5) is 17.0. The number of hydrogen-bond donors (Lipinski definition) is 0. The van der Waals surface area contributed by atoms with Crippen molar-refractivity contribution in [3.05, 3.63) is 23.9 Å². The number of anilines is 1. The number of aromatic nitrogens is 1. The molecule has 2 heterocycles. The lowest BCUT2D eigenvalue weighted by molar-refractivity contribution is 0.0891. The second-order valence-corrected chi connectivity index (χ2v) is 4.01. The van der Waals surface area contributed by atoms with Crippen molar-refractivity contribution in [3.8, 4) is 0 Å². The largest absolute Gasteiger partial charge is 0.380 e. The fourth-order valence-electron chi connectivity index (χ4n) is 1.99. The summed E-state index contributed by atoms with van der Waals surface area (Å²) in [6.45, 7) is 1.89. The number of methoxy groups -OCH3 is 1. The molecule has 4 nitrogen and oxygen atoms in total. The van der Waals surface area contributed by atoms with Crippen molar-refractivity contribution in [1.82, 2.24) is 4.98 Å². The van der Waals surface area contributed by atoms with Crippen LogP contribution in [0.15, 0.2) is 18.3 Å². The standard InChI is InChI=1S/C12H16N2O2/c1-16-11-3-2-6-14(8-11)12-5-4-10(9-15)7-13-12/h4-5,7,9,11H,2-3,6,8H2,1H3. The first-order valence-corrected chi connectivity index (χ1v) is 5.52. The third-order valence-electron chi connectivity index (χ3n) is 2.94. The molecule has 0 spiro atoms. The minimum atomic E-state index is 0.293. The van der Waals surface area contributed by atoms with Crippen LogP contribution in [0.25, 0.3) is 0 Å². The van der Waals surface area contributed by atoms with E-state index in [-0.39, 0.29) is 0 Å². The van der Waals surface area contributed by atoms with Gasteiger partial charge in [-0.2, -0.15) is 0 Å². The molecule has 2 rings (SSSR count). The Bertz CT molecular complexity index is 351. The summed E-state index contributed by atoms with van der Waals surface area (Å²) in [5.74, 6) is 0.923. The van der Waals surface area contributed by atoms with Crippen LogP contribution in [0.5, 0.6) is 0 Å². The highest BCUT2D eigenvalue weighted by molar-refractivity contribution is 5.74. The van der Waals surface area contributed by atoms with Crippen molar-refractivity contribution in [2.45, 2.75) is 18.9 Å². The van der Waals surface area contributed by atoms with E-state index in [2.05, 4.69) is 9.88 Å². The van der Waals surface area contributed by atoms with Gasteiger partial charge in [0.05, 0.1) is 6.10 Å². The number of nitrogens with zero attached hydrogens (tertiary/aromatic N) is 2. The topological polar surface area (TPSA) is 42.4 Å². The van der Waals surface area contributed by atoms with E-state index in [0.717, 1.165) is 38.0 Å². The molecule has 1 saturated heterocycles. The maximum atomic E-state index is 10.5. The van der Waals surface area contributed by atoms with Crippen LogP contribution >= 0.6 is 0 Å². The maximum Gasteiger partial charge on any atom is 0.151 e. The summed E-state index contributed by atoms with van der Waals surface area (Å²) in [6, 6.07) is 3.69. The molecule has 1 aliphatic rings. The number of piperidine rings is 1. The Morgan fingerprint density at radius 1 is 1.56 bits per heavy atom. The van der Waals surface area contributed by atoms with Crippen LogP contribution in [-0.2, 0) is 4.74 Å². The first-order valence-electron chi connectivity index (χ1n) is 5.52. The van der Waals surface area contributed by atoms with Gasteiger partial charge in [0.15, 0.2) is 6.29 Å². The molecule has 4 heteroatoms. The van der Waals surface area contributed by atoms with Crippen LogP contribution in [-0.4, -0.2) is 37.6 Å². The number of ether oxygens (including phenoxy) is 1. The Morgan fingerprint density at radius 3 is 3.06 bits per heavy atom. The summed E-state index contributed by atoms with van der Waals surface area (Å²) in [6.07, 6.45) is 4.94. The van der Waals surface area contributed by atoms with E-state index < -0.39 is 0 Å².